The number of hydrogen-bond acceptors (Lipinski definition) is 6. The molecule has 3 unspecified atom stereocenters. The van der Waals surface area contributed by atoms with Gasteiger partial charge in [-0.3, -0.25) is 9.59 Å². The van der Waals surface area contributed by atoms with Crippen LogP contribution in [0.3, 0.4) is 0 Å². The van der Waals surface area contributed by atoms with E-state index in [9.17, 15) is 45.8 Å². The molecule has 2 rings (SSSR count). The van der Waals surface area contributed by atoms with Crippen LogP contribution in [0.1, 0.15) is 0 Å². The number of carbonyl (C=O) groups is 3. The summed E-state index contributed by atoms with van der Waals surface area (Å²) >= 11 is 0. The molecule has 6 nitrogen and oxygen atoms in total. The number of aliphatic hydroxyl groups is 1. The molecule has 1 N–H and O–H groups in total. The van der Waals surface area contributed by atoms with Crippen LogP contribution < -0.4 is 0 Å². The van der Waals surface area contributed by atoms with Crippen LogP contribution in [0.2, 0.25) is 0 Å². The zero-order valence-electron chi connectivity index (χ0n) is 15.3. The van der Waals surface area contributed by atoms with Crippen molar-refractivity contribution >= 4 is 17.9 Å². The number of cyclic esters (lactones) is 3. The highest BCUT2D eigenvalue weighted by Gasteiger charge is 2.70. The maximum atomic E-state index is 14.0. The van der Waals surface area contributed by atoms with Gasteiger partial charge < -0.3 is 14.6 Å². The first-order chi connectivity index (χ1) is 14.2. The van der Waals surface area contributed by atoms with Gasteiger partial charge in [0.1, 0.15) is 0 Å². The molecule has 0 aliphatic carbocycles. The fraction of sp³-hybridized carbons (Fsp3) is 0.316. The Hall–Kier alpha value is -3.15. The quantitative estimate of drug-likeness (QED) is 0.305. The second kappa shape index (κ2) is 8.53. The topological polar surface area (TPSA) is 89.9 Å². The lowest BCUT2D eigenvalue weighted by Gasteiger charge is -2.36. The standard InChI is InChI=1S/C19H14F6O6/c1-2-11-12(16(29)31-15(11)28)8-9-17(18(20,21)22,19(23,24)25)10-4-3-5-13(26)30-14(27)7-6-10/h2-9,11-13,26H,1H2/b5-3+,7-6+,9-8+,10-4+. The summed E-state index contributed by atoms with van der Waals surface area (Å²) in [5.74, 6) is -7.14. The smallest absolute Gasteiger partial charge is 0.410 e. The van der Waals surface area contributed by atoms with E-state index in [1.54, 1.807) is 0 Å². The molecule has 0 aromatic carbocycles. The summed E-state index contributed by atoms with van der Waals surface area (Å²) in [5.41, 5.74) is -6.15. The van der Waals surface area contributed by atoms with Crippen LogP contribution in [0.25, 0.3) is 0 Å². The molecule has 0 saturated carbocycles. The van der Waals surface area contributed by atoms with E-state index in [4.69, 9.17) is 0 Å². The van der Waals surface area contributed by atoms with Crippen LogP contribution >= 0.6 is 0 Å². The highest BCUT2D eigenvalue weighted by Crippen LogP contribution is 2.56. The lowest BCUT2D eigenvalue weighted by atomic mass is 9.76. The minimum absolute atomic E-state index is 0.235. The molecule has 168 valence electrons. The van der Waals surface area contributed by atoms with E-state index in [0.717, 1.165) is 6.08 Å². The van der Waals surface area contributed by atoms with Crippen LogP contribution in [0.5, 0.6) is 0 Å². The van der Waals surface area contributed by atoms with E-state index in [0.29, 0.717) is 18.2 Å². The van der Waals surface area contributed by atoms with E-state index in [1.165, 1.54) is 0 Å². The van der Waals surface area contributed by atoms with Crippen molar-refractivity contribution in [1.82, 2.24) is 0 Å². The maximum absolute atomic E-state index is 14.0. The number of rotatable bonds is 4. The van der Waals surface area contributed by atoms with E-state index in [1.807, 2.05) is 0 Å². The third-order valence-corrected chi connectivity index (χ3v) is 4.48. The molecule has 1 saturated heterocycles. The summed E-state index contributed by atoms with van der Waals surface area (Å²) in [5, 5.41) is 9.33. The van der Waals surface area contributed by atoms with Crippen LogP contribution in [0.4, 0.5) is 26.3 Å². The molecule has 2 aliphatic rings. The normalized spacial score (nSPS) is 29.3. The molecular formula is C19H14F6O6. The monoisotopic (exact) mass is 452 g/mol. The molecule has 0 aromatic heterocycles. The fourth-order valence-corrected chi connectivity index (χ4v) is 2.92. The van der Waals surface area contributed by atoms with Gasteiger partial charge in [0, 0.05) is 6.08 Å². The molecule has 3 atom stereocenters. The van der Waals surface area contributed by atoms with Gasteiger partial charge in [0.25, 0.3) is 0 Å². The third-order valence-electron chi connectivity index (χ3n) is 4.48. The van der Waals surface area contributed by atoms with Gasteiger partial charge in [-0.05, 0) is 11.6 Å². The summed E-state index contributed by atoms with van der Waals surface area (Å²) in [4.78, 5) is 34.8. The first-order valence-corrected chi connectivity index (χ1v) is 8.41. The summed E-state index contributed by atoms with van der Waals surface area (Å²) in [6.45, 7) is 3.22. The number of esters is 3. The second-order valence-electron chi connectivity index (χ2n) is 6.36. The van der Waals surface area contributed by atoms with Crippen LogP contribution in [0, 0.1) is 17.3 Å². The van der Waals surface area contributed by atoms with Crippen molar-refractivity contribution in [2.24, 2.45) is 17.3 Å². The van der Waals surface area contributed by atoms with Crippen molar-refractivity contribution < 1.29 is 55.3 Å². The minimum atomic E-state index is -6.00. The van der Waals surface area contributed by atoms with Gasteiger partial charge in [-0.25, -0.2) is 4.79 Å². The molecular weight excluding hydrogens is 438 g/mol. The van der Waals surface area contributed by atoms with Gasteiger partial charge in [0.15, 0.2) is 0 Å². The SMILES string of the molecule is C=CC1C(=O)OC(=O)C1/C=C/C(C1=C/C=C/C(O)OC(=O)\C=C\1)(C(F)(F)F)C(F)(F)F. The zero-order valence-corrected chi connectivity index (χ0v) is 15.3. The molecule has 2 heterocycles. The fourth-order valence-electron chi connectivity index (χ4n) is 2.92. The van der Waals surface area contributed by atoms with Crippen molar-refractivity contribution in [2.45, 2.75) is 18.6 Å². The molecule has 31 heavy (non-hydrogen) atoms. The Morgan fingerprint density at radius 2 is 1.55 bits per heavy atom. The van der Waals surface area contributed by atoms with Crippen LogP contribution in [-0.4, -0.2) is 41.7 Å². The van der Waals surface area contributed by atoms with E-state index in [-0.39, 0.29) is 24.3 Å². The first-order valence-electron chi connectivity index (χ1n) is 8.41. The first kappa shape index (κ1) is 24.1. The number of alkyl halides is 6. The maximum Gasteiger partial charge on any atom is 0.410 e. The molecule has 0 bridgehead atoms. The van der Waals surface area contributed by atoms with Gasteiger partial charge in [0.2, 0.25) is 11.7 Å². The Labute approximate surface area is 170 Å². The zero-order chi connectivity index (χ0) is 23.6. The number of ether oxygens (including phenoxy) is 2. The largest absolute Gasteiger partial charge is 0.429 e. The summed E-state index contributed by atoms with van der Waals surface area (Å²) < 4.78 is 92.3. The highest BCUT2D eigenvalue weighted by molar-refractivity contribution is 5.98. The molecule has 1 fully saturated rings. The molecule has 0 aromatic rings. The Kier molecular flexibility index (Phi) is 6.64. The number of allylic oxidation sites excluding steroid dienone is 5. The second-order valence-corrected chi connectivity index (χ2v) is 6.36. The Bertz CT molecular complexity index is 879. The number of halogens is 6. The Morgan fingerprint density at radius 3 is 2.10 bits per heavy atom. The van der Waals surface area contributed by atoms with Gasteiger partial charge >= 0.3 is 30.3 Å². The average molecular weight is 452 g/mol. The number of hydrogen-bond donors (Lipinski definition) is 1. The molecule has 12 heteroatoms. The van der Waals surface area contributed by atoms with E-state index < -0.39 is 59.4 Å². The minimum Gasteiger partial charge on any atom is -0.429 e. The Balaban J connectivity index is 2.73. The Morgan fingerprint density at radius 1 is 0.968 bits per heavy atom. The highest BCUT2D eigenvalue weighted by atomic mass is 19.4. The van der Waals surface area contributed by atoms with E-state index in [2.05, 4.69) is 16.1 Å². The lowest BCUT2D eigenvalue weighted by molar-refractivity contribution is -0.305. The average Bonchev–Trinajstić information content (AvgIpc) is 2.92. The van der Waals surface area contributed by atoms with Crippen molar-refractivity contribution in [3.05, 3.63) is 60.8 Å². The molecule has 0 spiro atoms. The number of aliphatic hydroxyl groups excluding tert-OH is 1. The summed E-state index contributed by atoms with van der Waals surface area (Å²) in [6, 6.07) is 0. The third kappa shape index (κ3) is 4.63. The number of carbonyl (C=O) groups excluding carboxylic acids is 3. The lowest BCUT2D eigenvalue weighted by Crippen LogP contribution is -2.50. The predicted molar refractivity (Wildman–Crippen MR) is 90.4 cm³/mol. The van der Waals surface area contributed by atoms with Gasteiger partial charge in [-0.1, -0.05) is 36.5 Å². The molecule has 2 aliphatic heterocycles. The van der Waals surface area contributed by atoms with Crippen LogP contribution in [-0.2, 0) is 23.9 Å². The van der Waals surface area contributed by atoms with E-state index >= 15 is 0 Å². The van der Waals surface area contributed by atoms with Crippen molar-refractivity contribution in [2.75, 3.05) is 0 Å². The van der Waals surface area contributed by atoms with Crippen molar-refractivity contribution in [3.63, 3.8) is 0 Å². The van der Waals surface area contributed by atoms with Crippen molar-refractivity contribution in [3.8, 4) is 0 Å². The summed E-state index contributed by atoms with van der Waals surface area (Å²) in [7, 11) is 0. The van der Waals surface area contributed by atoms with Gasteiger partial charge in [-0.2, -0.15) is 26.3 Å². The van der Waals surface area contributed by atoms with Crippen molar-refractivity contribution in [1.29, 1.82) is 0 Å². The summed E-state index contributed by atoms with van der Waals surface area (Å²) in [6.07, 6.45) is -10.9. The van der Waals surface area contributed by atoms with Gasteiger partial charge in [0.05, 0.1) is 11.8 Å². The molecule has 0 radical (unpaired) electrons. The predicted octanol–water partition coefficient (Wildman–Crippen LogP) is 3.07. The molecule has 0 amide bonds. The van der Waals surface area contributed by atoms with Crippen LogP contribution in [0.15, 0.2) is 60.8 Å². The van der Waals surface area contributed by atoms with Gasteiger partial charge in [-0.15, -0.1) is 6.58 Å².